The van der Waals surface area contributed by atoms with Crippen LogP contribution in [0.3, 0.4) is 0 Å². The van der Waals surface area contributed by atoms with Crippen molar-refractivity contribution in [2.24, 2.45) is 5.73 Å². The maximum Gasteiger partial charge on any atom is 0.143 e. The molecule has 0 radical (unpaired) electrons. The van der Waals surface area contributed by atoms with Gasteiger partial charge in [0.05, 0.1) is 11.2 Å². The zero-order valence-electron chi connectivity index (χ0n) is 7.10. The molecule has 0 fully saturated rings. The summed E-state index contributed by atoms with van der Waals surface area (Å²) in [5.74, 6) is 0. The summed E-state index contributed by atoms with van der Waals surface area (Å²) >= 11 is 3.17. The molecular formula is C8H9N3S2. The molecule has 0 spiro atoms. The average molecular weight is 211 g/mol. The first-order valence-electron chi connectivity index (χ1n) is 3.87. The van der Waals surface area contributed by atoms with E-state index in [9.17, 15) is 0 Å². The van der Waals surface area contributed by atoms with E-state index in [-0.39, 0.29) is 6.04 Å². The lowest BCUT2D eigenvalue weighted by Gasteiger charge is -1.96. The minimum absolute atomic E-state index is 0.00337. The molecular weight excluding hydrogens is 202 g/mol. The molecule has 0 aliphatic carbocycles. The van der Waals surface area contributed by atoms with Gasteiger partial charge in [-0.05, 0) is 6.92 Å². The quantitative estimate of drug-likeness (QED) is 0.829. The highest BCUT2D eigenvalue weighted by Gasteiger charge is 2.08. The Morgan fingerprint density at radius 3 is 2.85 bits per heavy atom. The van der Waals surface area contributed by atoms with Crippen molar-refractivity contribution >= 4 is 22.7 Å². The fourth-order valence-electron chi connectivity index (χ4n) is 0.931. The fourth-order valence-corrected chi connectivity index (χ4v) is 2.43. The molecule has 13 heavy (non-hydrogen) atoms. The van der Waals surface area contributed by atoms with E-state index < -0.39 is 0 Å². The first-order valence-corrected chi connectivity index (χ1v) is 5.69. The normalized spacial score (nSPS) is 13.1. The summed E-state index contributed by atoms with van der Waals surface area (Å²) in [5, 5.41) is 4.93. The van der Waals surface area contributed by atoms with Crippen LogP contribution in [0.25, 0.3) is 10.7 Å². The zero-order chi connectivity index (χ0) is 9.26. The highest BCUT2D eigenvalue weighted by molar-refractivity contribution is 7.13. The Morgan fingerprint density at radius 2 is 2.31 bits per heavy atom. The van der Waals surface area contributed by atoms with Crippen LogP contribution in [0.1, 0.15) is 18.7 Å². The Labute approximate surface area is 84.3 Å². The van der Waals surface area contributed by atoms with Crippen LogP contribution in [0.4, 0.5) is 0 Å². The van der Waals surface area contributed by atoms with Crippen molar-refractivity contribution in [3.63, 3.8) is 0 Å². The molecule has 1 unspecified atom stereocenters. The van der Waals surface area contributed by atoms with Crippen LogP contribution in [0.5, 0.6) is 0 Å². The van der Waals surface area contributed by atoms with E-state index in [1.807, 2.05) is 23.2 Å². The first-order chi connectivity index (χ1) is 6.27. The maximum atomic E-state index is 5.71. The van der Waals surface area contributed by atoms with Gasteiger partial charge in [-0.2, -0.15) is 0 Å². The van der Waals surface area contributed by atoms with Gasteiger partial charge in [-0.3, -0.25) is 0 Å². The van der Waals surface area contributed by atoms with Gasteiger partial charge < -0.3 is 5.73 Å². The molecule has 0 saturated heterocycles. The van der Waals surface area contributed by atoms with Crippen LogP contribution >= 0.6 is 22.7 Å². The van der Waals surface area contributed by atoms with Crippen LogP contribution in [0, 0.1) is 0 Å². The topological polar surface area (TPSA) is 51.8 Å². The van der Waals surface area contributed by atoms with Crippen LogP contribution in [-0.2, 0) is 0 Å². The summed E-state index contributed by atoms with van der Waals surface area (Å²) in [7, 11) is 0. The summed E-state index contributed by atoms with van der Waals surface area (Å²) in [6.07, 6.45) is 0. The molecule has 0 saturated carbocycles. The van der Waals surface area contributed by atoms with E-state index in [0.717, 1.165) is 16.4 Å². The molecule has 2 aromatic heterocycles. The van der Waals surface area contributed by atoms with Gasteiger partial charge in [0, 0.05) is 16.8 Å². The smallest absolute Gasteiger partial charge is 0.143 e. The third kappa shape index (κ3) is 1.77. The largest absolute Gasteiger partial charge is 0.323 e. The molecule has 0 aliphatic heterocycles. The Balaban J connectivity index is 2.33. The molecule has 0 amide bonds. The molecule has 2 rings (SSSR count). The lowest BCUT2D eigenvalue weighted by molar-refractivity contribution is 0.790. The number of rotatable bonds is 2. The Hall–Kier alpha value is -0.780. The molecule has 5 heteroatoms. The van der Waals surface area contributed by atoms with E-state index in [0.29, 0.717) is 0 Å². The number of thiazole rings is 2. The van der Waals surface area contributed by atoms with Crippen molar-refractivity contribution in [2.75, 3.05) is 0 Å². The van der Waals surface area contributed by atoms with Crippen molar-refractivity contribution in [3.05, 3.63) is 22.0 Å². The second-order valence-electron chi connectivity index (χ2n) is 2.74. The molecule has 2 aromatic rings. The van der Waals surface area contributed by atoms with E-state index in [4.69, 9.17) is 5.73 Å². The van der Waals surface area contributed by atoms with Gasteiger partial charge in [0.1, 0.15) is 10.7 Å². The third-order valence-corrected chi connectivity index (χ3v) is 3.11. The van der Waals surface area contributed by atoms with Crippen molar-refractivity contribution < 1.29 is 0 Å². The van der Waals surface area contributed by atoms with Gasteiger partial charge in [-0.15, -0.1) is 22.7 Å². The maximum absolute atomic E-state index is 5.71. The Bertz CT molecular complexity index is 378. The van der Waals surface area contributed by atoms with Crippen molar-refractivity contribution in [2.45, 2.75) is 13.0 Å². The Morgan fingerprint density at radius 1 is 1.46 bits per heavy atom. The van der Waals surface area contributed by atoms with E-state index in [1.54, 1.807) is 22.7 Å². The van der Waals surface area contributed by atoms with Crippen LogP contribution in [-0.4, -0.2) is 9.97 Å². The second kappa shape index (κ2) is 3.53. The van der Waals surface area contributed by atoms with Crippen molar-refractivity contribution in [3.8, 4) is 10.7 Å². The molecule has 2 N–H and O–H groups in total. The van der Waals surface area contributed by atoms with E-state index >= 15 is 0 Å². The van der Waals surface area contributed by atoms with Crippen LogP contribution < -0.4 is 5.73 Å². The Kier molecular flexibility index (Phi) is 2.39. The van der Waals surface area contributed by atoms with Crippen molar-refractivity contribution in [1.82, 2.24) is 9.97 Å². The van der Waals surface area contributed by atoms with Gasteiger partial charge >= 0.3 is 0 Å². The standard InChI is InChI=1S/C8H9N3S2/c1-5(9)6-3-13-8(11-6)7-2-12-4-10-7/h2-5H,9H2,1H3. The van der Waals surface area contributed by atoms with Gasteiger partial charge in [-0.1, -0.05) is 0 Å². The summed E-state index contributed by atoms with van der Waals surface area (Å²) in [6, 6.07) is 0.00337. The van der Waals surface area contributed by atoms with Gasteiger partial charge in [0.25, 0.3) is 0 Å². The molecule has 0 aliphatic rings. The second-order valence-corrected chi connectivity index (χ2v) is 4.32. The van der Waals surface area contributed by atoms with Gasteiger partial charge in [0.15, 0.2) is 0 Å². The predicted octanol–water partition coefficient (Wildman–Crippen LogP) is 2.29. The molecule has 3 nitrogen and oxygen atoms in total. The van der Waals surface area contributed by atoms with Crippen molar-refractivity contribution in [1.29, 1.82) is 0 Å². The van der Waals surface area contributed by atoms with Crippen LogP contribution in [0.15, 0.2) is 16.3 Å². The molecule has 0 bridgehead atoms. The summed E-state index contributed by atoms with van der Waals surface area (Å²) in [4.78, 5) is 8.57. The van der Waals surface area contributed by atoms with E-state index in [2.05, 4.69) is 9.97 Å². The average Bonchev–Trinajstić information content (AvgIpc) is 2.75. The van der Waals surface area contributed by atoms with Crippen LogP contribution in [0.2, 0.25) is 0 Å². The third-order valence-electron chi connectivity index (χ3n) is 1.64. The predicted molar refractivity (Wildman–Crippen MR) is 55.8 cm³/mol. The fraction of sp³-hybridized carbons (Fsp3) is 0.250. The molecule has 68 valence electrons. The SMILES string of the molecule is CC(N)c1csc(-c2cscn2)n1. The molecule has 0 aromatic carbocycles. The van der Waals surface area contributed by atoms with Gasteiger partial charge in [-0.25, -0.2) is 9.97 Å². The molecule has 1 atom stereocenters. The minimum atomic E-state index is 0.00337. The number of hydrogen-bond acceptors (Lipinski definition) is 5. The number of aromatic nitrogens is 2. The number of nitrogens with two attached hydrogens (primary N) is 1. The molecule has 2 heterocycles. The minimum Gasteiger partial charge on any atom is -0.323 e. The highest BCUT2D eigenvalue weighted by Crippen LogP contribution is 2.24. The van der Waals surface area contributed by atoms with Gasteiger partial charge in [0.2, 0.25) is 0 Å². The lowest BCUT2D eigenvalue weighted by atomic mass is 10.3. The highest BCUT2D eigenvalue weighted by atomic mass is 32.1. The lowest BCUT2D eigenvalue weighted by Crippen LogP contribution is -2.04. The summed E-state index contributed by atoms with van der Waals surface area (Å²) in [6.45, 7) is 1.93. The number of nitrogens with zero attached hydrogens (tertiary/aromatic N) is 2. The number of hydrogen-bond donors (Lipinski definition) is 1. The zero-order valence-corrected chi connectivity index (χ0v) is 8.73. The summed E-state index contributed by atoms with van der Waals surface area (Å²) in [5.41, 5.74) is 9.40. The first kappa shape index (κ1) is 8.80. The van der Waals surface area contributed by atoms with E-state index in [1.165, 1.54) is 0 Å². The monoisotopic (exact) mass is 211 g/mol. The summed E-state index contributed by atoms with van der Waals surface area (Å²) < 4.78 is 0.